The molecule has 6 heteroatoms. The minimum Gasteiger partial charge on any atom is -0.432 e. The van der Waals surface area contributed by atoms with Gasteiger partial charge in [-0.15, -0.1) is 0 Å². The van der Waals surface area contributed by atoms with Crippen LogP contribution in [-0.2, 0) is 0 Å². The van der Waals surface area contributed by atoms with Crippen molar-refractivity contribution in [3.8, 4) is 6.07 Å². The molecule has 3 aromatic rings. The number of aromatic nitrogens is 2. The summed E-state index contributed by atoms with van der Waals surface area (Å²) in [5, 5.41) is 10.9. The maximum atomic E-state index is 9.19. The number of nitrogens with one attached hydrogen (secondary N) is 2. The highest BCUT2D eigenvalue weighted by Crippen LogP contribution is 2.40. The fraction of sp³-hybridized carbons (Fsp3) is 0.250. The first-order chi connectivity index (χ1) is 10.8. The van der Waals surface area contributed by atoms with E-state index in [1.54, 1.807) is 12.4 Å². The molecule has 2 aromatic heterocycles. The second-order valence-corrected chi connectivity index (χ2v) is 6.30. The number of aromatic amines is 1. The summed E-state index contributed by atoms with van der Waals surface area (Å²) in [5.74, 6) is 1.35. The minimum atomic E-state index is 0.516. The molecular formula is C16H14N4OS. The molecule has 2 N–H and O–H groups in total. The van der Waals surface area contributed by atoms with E-state index in [0.717, 1.165) is 33.1 Å². The lowest BCUT2D eigenvalue weighted by Gasteiger charge is -2.06. The number of H-pyrrole nitrogens is 1. The number of hydrogen-bond acceptors (Lipinski definition) is 5. The molecule has 0 radical (unpaired) electrons. The van der Waals surface area contributed by atoms with Gasteiger partial charge >= 0.3 is 0 Å². The Balaban J connectivity index is 1.59. The first-order valence-corrected chi connectivity index (χ1v) is 7.97. The molecule has 4 rings (SSSR count). The Labute approximate surface area is 131 Å². The van der Waals surface area contributed by atoms with Gasteiger partial charge in [-0.25, -0.2) is 4.98 Å². The lowest BCUT2D eigenvalue weighted by atomic mass is 10.1. The van der Waals surface area contributed by atoms with Gasteiger partial charge in [0.15, 0.2) is 5.89 Å². The van der Waals surface area contributed by atoms with Gasteiger partial charge in [-0.1, -0.05) is 6.07 Å². The van der Waals surface area contributed by atoms with Crippen LogP contribution in [0.4, 0.5) is 5.69 Å². The summed E-state index contributed by atoms with van der Waals surface area (Å²) in [6, 6.07) is 6.23. The molecule has 1 aliphatic carbocycles. The smallest absolute Gasteiger partial charge is 0.201 e. The topological polar surface area (TPSA) is 77.6 Å². The molecule has 0 bridgehead atoms. The van der Waals surface area contributed by atoms with Gasteiger partial charge in [0.1, 0.15) is 6.07 Å². The quantitative estimate of drug-likeness (QED) is 0.701. The van der Waals surface area contributed by atoms with E-state index < -0.39 is 0 Å². The summed E-state index contributed by atoms with van der Waals surface area (Å²) < 4.78 is 9.00. The Hall–Kier alpha value is -2.39. The molecule has 110 valence electrons. The van der Waals surface area contributed by atoms with E-state index in [9.17, 15) is 5.26 Å². The van der Waals surface area contributed by atoms with Crippen molar-refractivity contribution in [2.75, 3.05) is 4.72 Å². The van der Waals surface area contributed by atoms with E-state index in [0.29, 0.717) is 11.5 Å². The SMILES string of the molecule is Cc1ccc(NSc2cnc(C3CC3)o2)c2[nH]cc(C#N)c12. The Kier molecular flexibility index (Phi) is 3.09. The number of fused-ring (bicyclic) bond motifs is 1. The third-order valence-corrected chi connectivity index (χ3v) is 4.57. The van der Waals surface area contributed by atoms with Crippen molar-refractivity contribution in [2.45, 2.75) is 30.8 Å². The average Bonchev–Trinajstić information content (AvgIpc) is 3.11. The van der Waals surface area contributed by atoms with E-state index >= 15 is 0 Å². The molecule has 1 saturated carbocycles. The molecule has 1 fully saturated rings. The minimum absolute atomic E-state index is 0.516. The summed E-state index contributed by atoms with van der Waals surface area (Å²) in [5.41, 5.74) is 3.61. The Morgan fingerprint density at radius 3 is 3.09 bits per heavy atom. The highest BCUT2D eigenvalue weighted by atomic mass is 32.2. The normalized spacial score (nSPS) is 14.2. The summed E-state index contributed by atoms with van der Waals surface area (Å²) >= 11 is 1.40. The number of nitriles is 1. The Bertz CT molecular complexity index is 885. The largest absolute Gasteiger partial charge is 0.432 e. The zero-order chi connectivity index (χ0) is 15.1. The molecule has 1 aliphatic rings. The standard InChI is InChI=1S/C16H14N4OS/c1-9-2-5-12(15-14(9)11(6-17)7-18-15)20-22-13-8-19-16(21-13)10-3-4-10/h2,5,7-8,10,18,20H,3-4H2,1H3. The van der Waals surface area contributed by atoms with Gasteiger partial charge in [-0.05, 0) is 31.4 Å². The van der Waals surface area contributed by atoms with Gasteiger partial charge in [-0.3, -0.25) is 0 Å². The van der Waals surface area contributed by atoms with E-state index in [-0.39, 0.29) is 0 Å². The van der Waals surface area contributed by atoms with Crippen molar-refractivity contribution in [3.05, 3.63) is 41.5 Å². The van der Waals surface area contributed by atoms with E-state index in [1.165, 1.54) is 24.8 Å². The maximum absolute atomic E-state index is 9.19. The number of nitrogens with zero attached hydrogens (tertiary/aromatic N) is 2. The van der Waals surface area contributed by atoms with Crippen LogP contribution < -0.4 is 4.72 Å². The lowest BCUT2D eigenvalue weighted by molar-refractivity contribution is 0.425. The first kappa shape index (κ1) is 13.3. The van der Waals surface area contributed by atoms with Crippen LogP contribution in [-0.4, -0.2) is 9.97 Å². The highest BCUT2D eigenvalue weighted by molar-refractivity contribution is 8.00. The number of aryl methyl sites for hydroxylation is 1. The molecule has 22 heavy (non-hydrogen) atoms. The molecule has 0 spiro atoms. The predicted molar refractivity (Wildman–Crippen MR) is 85.7 cm³/mol. The predicted octanol–water partition coefficient (Wildman–Crippen LogP) is 4.33. The van der Waals surface area contributed by atoms with E-state index in [1.807, 2.05) is 19.1 Å². The molecule has 5 nitrogen and oxygen atoms in total. The van der Waals surface area contributed by atoms with Gasteiger partial charge in [0.25, 0.3) is 0 Å². The van der Waals surface area contributed by atoms with Gasteiger partial charge in [-0.2, -0.15) is 5.26 Å². The third kappa shape index (κ3) is 2.24. The summed E-state index contributed by atoms with van der Waals surface area (Å²) in [7, 11) is 0. The van der Waals surface area contributed by atoms with E-state index in [2.05, 4.69) is 20.8 Å². The number of rotatable bonds is 4. The first-order valence-electron chi connectivity index (χ1n) is 7.15. The Morgan fingerprint density at radius 2 is 2.32 bits per heavy atom. The lowest BCUT2D eigenvalue weighted by Crippen LogP contribution is -1.89. The molecule has 2 heterocycles. The molecule has 0 unspecified atom stereocenters. The van der Waals surface area contributed by atoms with Gasteiger partial charge < -0.3 is 14.1 Å². The summed E-state index contributed by atoms with van der Waals surface area (Å²) in [6.07, 6.45) is 5.85. The van der Waals surface area contributed by atoms with Gasteiger partial charge in [0.05, 0.1) is 23.0 Å². The van der Waals surface area contributed by atoms with Crippen LogP contribution in [0.25, 0.3) is 10.9 Å². The molecule has 1 aromatic carbocycles. The zero-order valence-electron chi connectivity index (χ0n) is 12.0. The fourth-order valence-corrected chi connectivity index (χ4v) is 3.15. The van der Waals surface area contributed by atoms with Crippen molar-refractivity contribution < 1.29 is 4.42 Å². The second-order valence-electron chi connectivity index (χ2n) is 5.49. The molecule has 0 amide bonds. The van der Waals surface area contributed by atoms with Gasteiger partial charge in [0, 0.05) is 29.4 Å². The van der Waals surface area contributed by atoms with Crippen LogP contribution in [0, 0.1) is 18.3 Å². The van der Waals surface area contributed by atoms with Crippen LogP contribution >= 0.6 is 11.9 Å². The number of benzene rings is 1. The van der Waals surface area contributed by atoms with E-state index in [4.69, 9.17) is 4.42 Å². The third-order valence-electron chi connectivity index (χ3n) is 3.85. The van der Waals surface area contributed by atoms with Crippen LogP contribution in [0.15, 0.2) is 34.0 Å². The maximum Gasteiger partial charge on any atom is 0.201 e. The van der Waals surface area contributed by atoms with Crippen molar-refractivity contribution in [1.82, 2.24) is 9.97 Å². The fourth-order valence-electron chi connectivity index (χ4n) is 2.54. The van der Waals surface area contributed by atoms with Crippen LogP contribution in [0.2, 0.25) is 0 Å². The van der Waals surface area contributed by atoms with Crippen LogP contribution in [0.5, 0.6) is 0 Å². The van der Waals surface area contributed by atoms with Crippen molar-refractivity contribution in [1.29, 1.82) is 5.26 Å². The molecule has 0 atom stereocenters. The second kappa shape index (κ2) is 5.11. The van der Waals surface area contributed by atoms with Crippen molar-refractivity contribution in [2.24, 2.45) is 0 Å². The monoisotopic (exact) mass is 310 g/mol. The molecular weight excluding hydrogens is 296 g/mol. The van der Waals surface area contributed by atoms with Gasteiger partial charge in [0.2, 0.25) is 5.09 Å². The molecule has 0 saturated heterocycles. The van der Waals surface area contributed by atoms with Crippen LogP contribution in [0.3, 0.4) is 0 Å². The van der Waals surface area contributed by atoms with Crippen molar-refractivity contribution >= 4 is 28.5 Å². The summed E-state index contributed by atoms with van der Waals surface area (Å²) in [6.45, 7) is 2.01. The van der Waals surface area contributed by atoms with Crippen LogP contribution in [0.1, 0.15) is 35.8 Å². The number of oxazole rings is 1. The number of hydrogen-bond donors (Lipinski definition) is 2. The zero-order valence-corrected chi connectivity index (χ0v) is 12.8. The summed E-state index contributed by atoms with van der Waals surface area (Å²) in [4.78, 5) is 7.48. The average molecular weight is 310 g/mol. The number of anilines is 1. The molecule has 0 aliphatic heterocycles. The Morgan fingerprint density at radius 1 is 1.45 bits per heavy atom. The highest BCUT2D eigenvalue weighted by Gasteiger charge is 2.28. The van der Waals surface area contributed by atoms with Crippen molar-refractivity contribution in [3.63, 3.8) is 0 Å².